The first-order chi connectivity index (χ1) is 11.9. The van der Waals surface area contributed by atoms with Gasteiger partial charge >= 0.3 is 11.8 Å². The van der Waals surface area contributed by atoms with Crippen molar-refractivity contribution in [2.45, 2.75) is 51.0 Å². The van der Waals surface area contributed by atoms with Crippen LogP contribution in [0, 0.1) is 10.8 Å². The molecule has 3 rings (SSSR count). The minimum atomic E-state index is -3.79. The number of carbonyl (C=O) groups excluding carboxylic acids is 2. The van der Waals surface area contributed by atoms with Gasteiger partial charge in [-0.3, -0.25) is 9.59 Å². The fourth-order valence-electron chi connectivity index (χ4n) is 4.74. The Morgan fingerprint density at radius 1 is 1.15 bits per heavy atom. The summed E-state index contributed by atoms with van der Waals surface area (Å²) in [7, 11) is -3.79. The van der Waals surface area contributed by atoms with Crippen LogP contribution in [-0.4, -0.2) is 37.7 Å². The van der Waals surface area contributed by atoms with E-state index in [9.17, 15) is 18.0 Å². The minimum Gasteiger partial charge on any atom is -0.331 e. The summed E-state index contributed by atoms with van der Waals surface area (Å²) in [5.41, 5.74) is 0.566. The number of sulfonamides is 1. The first kappa shape index (κ1) is 18.8. The van der Waals surface area contributed by atoms with Gasteiger partial charge in [0.05, 0.1) is 4.90 Å². The van der Waals surface area contributed by atoms with Crippen molar-refractivity contribution in [3.05, 3.63) is 24.3 Å². The second kappa shape index (κ2) is 6.06. The van der Waals surface area contributed by atoms with Gasteiger partial charge in [-0.25, -0.2) is 13.6 Å². The van der Waals surface area contributed by atoms with Gasteiger partial charge in [-0.15, -0.1) is 0 Å². The van der Waals surface area contributed by atoms with Crippen molar-refractivity contribution < 1.29 is 18.0 Å². The number of likely N-dealkylation sites (tertiary alicyclic amines) is 1. The maximum Gasteiger partial charge on any atom is 0.313 e. The third kappa shape index (κ3) is 3.76. The number of nitrogens with one attached hydrogen (secondary N) is 1. The molecular formula is C18H25N3O4S. The summed E-state index contributed by atoms with van der Waals surface area (Å²) in [6.45, 7) is 7.19. The van der Waals surface area contributed by atoms with Crippen LogP contribution in [0.15, 0.2) is 29.2 Å². The summed E-state index contributed by atoms with van der Waals surface area (Å²) in [5, 5.41) is 7.59. The van der Waals surface area contributed by atoms with Gasteiger partial charge in [-0.2, -0.15) is 0 Å². The van der Waals surface area contributed by atoms with Gasteiger partial charge in [0.25, 0.3) is 0 Å². The molecule has 1 aromatic rings. The Hall–Kier alpha value is -1.93. The summed E-state index contributed by atoms with van der Waals surface area (Å²) in [4.78, 5) is 26.7. The van der Waals surface area contributed by atoms with Gasteiger partial charge in [0.15, 0.2) is 0 Å². The van der Waals surface area contributed by atoms with Crippen molar-refractivity contribution in [2.75, 3.05) is 11.9 Å². The predicted molar refractivity (Wildman–Crippen MR) is 97.7 cm³/mol. The third-order valence-corrected chi connectivity index (χ3v) is 6.24. The van der Waals surface area contributed by atoms with Crippen LogP contribution >= 0.6 is 0 Å². The molecule has 2 amide bonds. The van der Waals surface area contributed by atoms with Gasteiger partial charge in [-0.05, 0) is 54.4 Å². The molecule has 2 aliphatic rings. The first-order valence-corrected chi connectivity index (χ1v) is 10.2. The van der Waals surface area contributed by atoms with Crippen molar-refractivity contribution in [2.24, 2.45) is 16.0 Å². The summed E-state index contributed by atoms with van der Waals surface area (Å²) in [6, 6.07) is 5.51. The van der Waals surface area contributed by atoms with Crippen LogP contribution in [0.3, 0.4) is 0 Å². The fraction of sp³-hybridized carbons (Fsp3) is 0.556. The van der Waals surface area contributed by atoms with Crippen molar-refractivity contribution >= 4 is 27.5 Å². The quantitative estimate of drug-likeness (QED) is 0.762. The van der Waals surface area contributed by atoms with Crippen LogP contribution in [0.1, 0.15) is 40.0 Å². The Morgan fingerprint density at radius 2 is 1.77 bits per heavy atom. The molecule has 1 aromatic carbocycles. The standard InChI is InChI=1S/C18H25N3O4S/c1-17(2)8-13-9-18(3,10-17)11-21(13)16(23)15(22)20-12-4-6-14(7-5-12)26(19,24)25/h4-7,13H,8-11H2,1-3H3,(H,20,22)(H2,19,24,25). The molecule has 2 bridgehead atoms. The average Bonchev–Trinajstić information content (AvgIpc) is 2.75. The zero-order valence-electron chi connectivity index (χ0n) is 15.3. The van der Waals surface area contributed by atoms with Crippen LogP contribution in [0.25, 0.3) is 0 Å². The van der Waals surface area contributed by atoms with Gasteiger partial charge < -0.3 is 10.2 Å². The number of fused-ring (bicyclic) bond motifs is 2. The van der Waals surface area contributed by atoms with E-state index >= 15 is 0 Å². The number of hydrogen-bond donors (Lipinski definition) is 2. The molecular weight excluding hydrogens is 354 g/mol. The normalized spacial score (nSPS) is 27.2. The highest BCUT2D eigenvalue weighted by Gasteiger charge is 2.51. The van der Waals surface area contributed by atoms with E-state index in [4.69, 9.17) is 5.14 Å². The lowest BCUT2D eigenvalue weighted by molar-refractivity contribution is -0.144. The molecule has 0 aromatic heterocycles. The molecule has 3 N–H and O–H groups in total. The van der Waals surface area contributed by atoms with Crippen molar-refractivity contribution in [3.8, 4) is 0 Å². The number of carbonyl (C=O) groups is 2. The Balaban J connectivity index is 1.70. The number of primary sulfonamides is 1. The highest BCUT2D eigenvalue weighted by atomic mass is 32.2. The Morgan fingerprint density at radius 3 is 2.35 bits per heavy atom. The molecule has 26 heavy (non-hydrogen) atoms. The van der Waals surface area contributed by atoms with Crippen LogP contribution in [0.5, 0.6) is 0 Å². The molecule has 1 aliphatic heterocycles. The average molecular weight is 379 g/mol. The lowest BCUT2D eigenvalue weighted by Crippen LogP contribution is -2.43. The molecule has 2 fully saturated rings. The summed E-state index contributed by atoms with van der Waals surface area (Å²) < 4.78 is 22.5. The Labute approximate surface area is 154 Å². The van der Waals surface area contributed by atoms with E-state index in [-0.39, 0.29) is 21.8 Å². The number of nitrogens with two attached hydrogens (primary N) is 1. The summed E-state index contributed by atoms with van der Waals surface area (Å²) in [6.07, 6.45) is 2.86. The molecule has 1 saturated carbocycles. The topological polar surface area (TPSA) is 110 Å². The van der Waals surface area contributed by atoms with Crippen molar-refractivity contribution in [3.63, 3.8) is 0 Å². The molecule has 142 valence electrons. The van der Waals surface area contributed by atoms with E-state index < -0.39 is 21.8 Å². The molecule has 1 heterocycles. The minimum absolute atomic E-state index is 0.0506. The van der Waals surface area contributed by atoms with Gasteiger partial charge in [-0.1, -0.05) is 20.8 Å². The van der Waals surface area contributed by atoms with Crippen molar-refractivity contribution in [1.82, 2.24) is 4.90 Å². The van der Waals surface area contributed by atoms with Gasteiger partial charge in [0.1, 0.15) is 0 Å². The second-order valence-corrected chi connectivity index (χ2v) is 10.2. The zero-order valence-corrected chi connectivity index (χ0v) is 16.1. The fourth-order valence-corrected chi connectivity index (χ4v) is 5.26. The highest BCUT2D eigenvalue weighted by molar-refractivity contribution is 7.89. The SMILES string of the molecule is CC1(C)CC2CC(C)(CN2C(=O)C(=O)Nc2ccc(S(N)(=O)=O)cc2)C1. The number of amides is 2. The maximum absolute atomic E-state index is 12.7. The predicted octanol–water partition coefficient (Wildman–Crippen LogP) is 1.70. The molecule has 8 heteroatoms. The zero-order chi connectivity index (χ0) is 19.3. The molecule has 1 saturated heterocycles. The van der Waals surface area contributed by atoms with Crippen LogP contribution < -0.4 is 10.5 Å². The Kier molecular flexibility index (Phi) is 4.39. The number of nitrogens with zero attached hydrogens (tertiary/aromatic N) is 1. The molecule has 2 unspecified atom stereocenters. The van der Waals surface area contributed by atoms with Crippen LogP contribution in [0.4, 0.5) is 5.69 Å². The van der Waals surface area contributed by atoms with Crippen LogP contribution in [-0.2, 0) is 19.6 Å². The smallest absolute Gasteiger partial charge is 0.313 e. The van der Waals surface area contributed by atoms with E-state index in [2.05, 4.69) is 26.1 Å². The Bertz CT molecular complexity index is 848. The van der Waals surface area contributed by atoms with E-state index in [1.165, 1.54) is 24.3 Å². The summed E-state index contributed by atoms with van der Waals surface area (Å²) in [5.74, 6) is -1.24. The largest absolute Gasteiger partial charge is 0.331 e. The maximum atomic E-state index is 12.7. The second-order valence-electron chi connectivity index (χ2n) is 8.67. The number of benzene rings is 1. The van der Waals surface area contributed by atoms with Gasteiger partial charge in [0, 0.05) is 18.3 Å². The van der Waals surface area contributed by atoms with E-state index in [1.54, 1.807) is 4.90 Å². The molecule has 0 spiro atoms. The molecule has 2 atom stereocenters. The number of hydrogen-bond acceptors (Lipinski definition) is 4. The lowest BCUT2D eigenvalue weighted by atomic mass is 9.65. The monoisotopic (exact) mass is 379 g/mol. The first-order valence-electron chi connectivity index (χ1n) is 8.64. The number of rotatable bonds is 2. The molecule has 0 radical (unpaired) electrons. The van der Waals surface area contributed by atoms with E-state index in [0.717, 1.165) is 19.3 Å². The summed E-state index contributed by atoms with van der Waals surface area (Å²) >= 11 is 0. The van der Waals surface area contributed by atoms with E-state index in [1.807, 2.05) is 0 Å². The highest BCUT2D eigenvalue weighted by Crippen LogP contribution is 2.52. The third-order valence-electron chi connectivity index (χ3n) is 5.31. The molecule has 1 aliphatic carbocycles. The molecule has 7 nitrogen and oxygen atoms in total. The van der Waals surface area contributed by atoms with E-state index in [0.29, 0.717) is 12.2 Å². The van der Waals surface area contributed by atoms with Crippen molar-refractivity contribution in [1.29, 1.82) is 0 Å². The van der Waals surface area contributed by atoms with Gasteiger partial charge in [0.2, 0.25) is 10.0 Å². The number of anilines is 1. The van der Waals surface area contributed by atoms with Crippen LogP contribution in [0.2, 0.25) is 0 Å². The lowest BCUT2D eigenvalue weighted by Gasteiger charge is -2.39.